The Bertz CT molecular complexity index is 896. The van der Waals surface area contributed by atoms with Crippen LogP contribution in [-0.4, -0.2) is 0 Å². The summed E-state index contributed by atoms with van der Waals surface area (Å²) in [4.78, 5) is 0. The number of hydrogen-bond acceptors (Lipinski definition) is 0. The molecule has 1 aliphatic rings. The molecule has 0 unspecified atom stereocenters. The van der Waals surface area contributed by atoms with E-state index >= 15 is 0 Å². The summed E-state index contributed by atoms with van der Waals surface area (Å²) in [6.45, 7) is 9.19. The van der Waals surface area contributed by atoms with Crippen LogP contribution in [0.4, 0.5) is 0 Å². The van der Waals surface area contributed by atoms with Crippen LogP contribution in [-0.2, 0) is 38.0 Å². The molecular formula is C26H31Zr-. The van der Waals surface area contributed by atoms with Gasteiger partial charge in [-0.05, 0) is 41.2 Å². The van der Waals surface area contributed by atoms with Gasteiger partial charge < -0.3 is 0 Å². The topological polar surface area (TPSA) is 0 Å². The first-order chi connectivity index (χ1) is 12.4. The molecule has 1 heteroatoms. The molecule has 0 atom stereocenters. The van der Waals surface area contributed by atoms with Gasteiger partial charge in [0.15, 0.2) is 0 Å². The van der Waals surface area contributed by atoms with Crippen LogP contribution in [0.5, 0.6) is 0 Å². The monoisotopic (exact) mass is 433 g/mol. The molecular weight excluding hydrogens is 404 g/mol. The van der Waals surface area contributed by atoms with Crippen LogP contribution in [0.25, 0.3) is 21.9 Å². The summed E-state index contributed by atoms with van der Waals surface area (Å²) in [5.74, 6) is 0. The maximum Gasteiger partial charge on any atom is 0 e. The fraction of sp³-hybridized carbons (Fsp3) is 0.423. The average molecular weight is 435 g/mol. The number of fused-ring (bicyclic) bond motifs is 1. The van der Waals surface area contributed by atoms with Gasteiger partial charge in [0.1, 0.15) is 0 Å². The van der Waals surface area contributed by atoms with Gasteiger partial charge in [-0.2, -0.15) is 6.07 Å². The van der Waals surface area contributed by atoms with Crippen LogP contribution >= 0.6 is 0 Å². The molecule has 140 valence electrons. The van der Waals surface area contributed by atoms with E-state index in [4.69, 9.17) is 0 Å². The summed E-state index contributed by atoms with van der Waals surface area (Å²) in [5.41, 5.74) is 6.41. The summed E-state index contributed by atoms with van der Waals surface area (Å²) < 4.78 is 0. The second-order valence-electron chi connectivity index (χ2n) is 9.38. The molecule has 1 saturated carbocycles. The first kappa shape index (κ1) is 20.7. The van der Waals surface area contributed by atoms with Gasteiger partial charge in [-0.1, -0.05) is 76.4 Å². The summed E-state index contributed by atoms with van der Waals surface area (Å²) >= 11 is 0. The summed E-state index contributed by atoms with van der Waals surface area (Å²) in [7, 11) is 0. The quantitative estimate of drug-likeness (QED) is 0.370. The predicted octanol–water partition coefficient (Wildman–Crippen LogP) is 7.64. The molecule has 0 N–H and O–H groups in total. The van der Waals surface area contributed by atoms with Gasteiger partial charge >= 0.3 is 0 Å². The molecule has 3 aromatic carbocycles. The molecule has 0 spiro atoms. The third-order valence-corrected chi connectivity index (χ3v) is 6.62. The molecule has 0 aliphatic heterocycles. The van der Waals surface area contributed by atoms with E-state index in [1.165, 1.54) is 65.1 Å². The molecule has 27 heavy (non-hydrogen) atoms. The van der Waals surface area contributed by atoms with E-state index in [0.29, 0.717) is 5.41 Å². The maximum atomic E-state index is 2.46. The van der Waals surface area contributed by atoms with Crippen LogP contribution in [0.2, 0.25) is 0 Å². The summed E-state index contributed by atoms with van der Waals surface area (Å²) in [6.07, 6.45) is 6.80. The number of rotatable bonds is 4. The third-order valence-electron chi connectivity index (χ3n) is 6.62. The molecule has 1 aliphatic carbocycles. The van der Waals surface area contributed by atoms with E-state index in [2.05, 4.69) is 82.3 Å². The zero-order valence-electron chi connectivity index (χ0n) is 17.2. The largest absolute Gasteiger partial charge is 0.164 e. The molecule has 0 heterocycles. The van der Waals surface area contributed by atoms with E-state index in [1.54, 1.807) is 0 Å². The number of benzene rings is 2. The molecule has 0 amide bonds. The summed E-state index contributed by atoms with van der Waals surface area (Å²) in [5, 5.41) is 2.81. The van der Waals surface area contributed by atoms with Crippen molar-refractivity contribution in [3.8, 4) is 11.1 Å². The van der Waals surface area contributed by atoms with Gasteiger partial charge in [-0.3, -0.25) is 0 Å². The average Bonchev–Trinajstić information content (AvgIpc) is 3.00. The smallest absolute Gasteiger partial charge is 0 e. The molecule has 0 bridgehead atoms. The normalized spacial score (nSPS) is 16.0. The maximum absolute atomic E-state index is 2.46. The van der Waals surface area contributed by atoms with Gasteiger partial charge in [0.2, 0.25) is 0 Å². The van der Waals surface area contributed by atoms with E-state index in [0.717, 1.165) is 0 Å². The Hall–Kier alpha value is -1.07. The van der Waals surface area contributed by atoms with E-state index in [-0.39, 0.29) is 31.6 Å². The third kappa shape index (κ3) is 4.05. The van der Waals surface area contributed by atoms with Crippen molar-refractivity contribution in [2.75, 3.05) is 0 Å². The molecule has 0 nitrogen and oxygen atoms in total. The first-order valence-electron chi connectivity index (χ1n) is 10.2. The molecule has 0 saturated heterocycles. The zero-order valence-corrected chi connectivity index (χ0v) is 19.7. The van der Waals surface area contributed by atoms with Gasteiger partial charge in [-0.25, -0.2) is 0 Å². The van der Waals surface area contributed by atoms with Crippen LogP contribution in [0.1, 0.15) is 64.5 Å². The van der Waals surface area contributed by atoms with Crippen LogP contribution in [0, 0.1) is 5.41 Å². The Morgan fingerprint density at radius 3 is 2.26 bits per heavy atom. The van der Waals surface area contributed by atoms with Gasteiger partial charge in [0.25, 0.3) is 0 Å². The zero-order chi connectivity index (χ0) is 18.4. The first-order valence-corrected chi connectivity index (χ1v) is 10.2. The molecule has 0 radical (unpaired) electrons. The Labute approximate surface area is 183 Å². The molecule has 1 fully saturated rings. The van der Waals surface area contributed by atoms with Crippen molar-refractivity contribution in [3.05, 3.63) is 65.7 Å². The van der Waals surface area contributed by atoms with Gasteiger partial charge in [0.05, 0.1) is 0 Å². The van der Waals surface area contributed by atoms with Crippen LogP contribution in [0.15, 0.2) is 54.6 Å². The van der Waals surface area contributed by atoms with E-state index < -0.39 is 0 Å². The van der Waals surface area contributed by atoms with Crippen molar-refractivity contribution in [1.29, 1.82) is 0 Å². The number of hydrogen-bond donors (Lipinski definition) is 0. The molecule has 0 aromatic heterocycles. The van der Waals surface area contributed by atoms with Crippen molar-refractivity contribution in [2.24, 2.45) is 5.41 Å². The minimum Gasteiger partial charge on any atom is -0.164 e. The van der Waals surface area contributed by atoms with Crippen LogP contribution < -0.4 is 0 Å². The Kier molecular flexibility index (Phi) is 5.93. The van der Waals surface area contributed by atoms with Gasteiger partial charge in [-0.15, -0.1) is 34.5 Å². The van der Waals surface area contributed by atoms with Crippen LogP contribution in [0.3, 0.4) is 0 Å². The van der Waals surface area contributed by atoms with E-state index in [9.17, 15) is 0 Å². The molecule has 3 aromatic rings. The van der Waals surface area contributed by atoms with Crippen molar-refractivity contribution in [2.45, 2.75) is 65.2 Å². The second kappa shape index (κ2) is 7.75. The standard InChI is InChI=1S/C26H31.Zr/c1-5-26(14-7-15-26)18-19-16-21-8-6-9-23(24(21)17-19)20-10-12-22(13-11-20)25(2,3)4;/h6,8-13,16-17H,5,7,14-15,18H2,1-4H3;/q-1;. The fourth-order valence-electron chi connectivity index (χ4n) is 4.57. The second-order valence-corrected chi connectivity index (χ2v) is 9.38. The molecule has 4 rings (SSSR count). The Balaban J connectivity index is 0.00000210. The minimum absolute atomic E-state index is 0. The van der Waals surface area contributed by atoms with Crippen molar-refractivity contribution < 1.29 is 26.2 Å². The minimum atomic E-state index is 0. The summed E-state index contributed by atoms with van der Waals surface area (Å²) in [6, 6.07) is 20.8. The SMILES string of the molecule is CCC1(Cc2cc3c(-c4ccc(C(C)(C)C)cc4)cccc3[cH-]2)CCC1.[Zr]. The van der Waals surface area contributed by atoms with Crippen molar-refractivity contribution in [3.63, 3.8) is 0 Å². The van der Waals surface area contributed by atoms with Gasteiger partial charge in [0, 0.05) is 26.2 Å². The Morgan fingerprint density at radius 1 is 1.00 bits per heavy atom. The predicted molar refractivity (Wildman–Crippen MR) is 114 cm³/mol. The van der Waals surface area contributed by atoms with Crippen molar-refractivity contribution >= 4 is 10.8 Å². The Morgan fingerprint density at radius 2 is 1.70 bits per heavy atom. The fourth-order valence-corrected chi connectivity index (χ4v) is 4.57. The van der Waals surface area contributed by atoms with E-state index in [1.807, 2.05) is 0 Å². The van der Waals surface area contributed by atoms with Crippen molar-refractivity contribution in [1.82, 2.24) is 0 Å².